The molecule has 0 atom stereocenters. The van der Waals surface area contributed by atoms with Gasteiger partial charge >= 0.3 is 0 Å². The number of hydrogen-bond donors (Lipinski definition) is 5. The first-order chi connectivity index (χ1) is 22.9. The predicted octanol–water partition coefficient (Wildman–Crippen LogP) is 7.04. The Balaban J connectivity index is 0.000000216. The van der Waals surface area contributed by atoms with Gasteiger partial charge in [-0.05, 0) is 54.0 Å². The van der Waals surface area contributed by atoms with Gasteiger partial charge in [0.1, 0.15) is 10.4 Å². The smallest absolute Gasteiger partial charge is 0.295 e. The molecule has 0 aliphatic heterocycles. The van der Waals surface area contributed by atoms with E-state index in [2.05, 4.69) is 81.3 Å². The summed E-state index contributed by atoms with van der Waals surface area (Å²) in [5.74, 6) is 2.58. The SMILES string of the molecule is Cc1cnc[nH]1.Nc1cccc(Br)n1.[C-]#[N+]c1cccc(N)n1.[C-]#[N+]c1nc(N)ccc1-n1cnc(C)c1.[C-]#[N+]c1nc(N)ccc1Br. The lowest BCUT2D eigenvalue weighted by Crippen LogP contribution is -1.95. The van der Waals surface area contributed by atoms with Crippen LogP contribution in [-0.4, -0.2) is 39.5 Å². The molecule has 0 saturated carbocycles. The molecule has 0 aromatic carbocycles. The van der Waals surface area contributed by atoms with E-state index in [1.165, 1.54) is 0 Å². The van der Waals surface area contributed by atoms with Gasteiger partial charge in [0.05, 0.1) is 24.0 Å². The van der Waals surface area contributed by atoms with Crippen molar-refractivity contribution in [1.82, 2.24) is 39.5 Å². The number of aromatic amines is 1. The quantitative estimate of drug-likeness (QED) is 0.0849. The molecule has 0 bridgehead atoms. The number of H-pyrrole nitrogens is 1. The Morgan fingerprint density at radius 2 is 1.31 bits per heavy atom. The summed E-state index contributed by atoms with van der Waals surface area (Å²) in [4.78, 5) is 35.6. The number of aryl methyl sites for hydroxylation is 2. The Morgan fingerprint density at radius 1 is 0.708 bits per heavy atom. The Morgan fingerprint density at radius 3 is 1.73 bits per heavy atom. The van der Waals surface area contributed by atoms with Crippen molar-refractivity contribution in [2.45, 2.75) is 13.8 Å². The van der Waals surface area contributed by atoms with Gasteiger partial charge in [0.15, 0.2) is 0 Å². The number of nitrogens with two attached hydrogens (primary N) is 4. The second-order valence-corrected chi connectivity index (χ2v) is 10.6. The van der Waals surface area contributed by atoms with E-state index in [9.17, 15) is 0 Å². The van der Waals surface area contributed by atoms with E-state index >= 15 is 0 Å². The summed E-state index contributed by atoms with van der Waals surface area (Å²) >= 11 is 6.33. The maximum atomic E-state index is 7.01. The van der Waals surface area contributed by atoms with Gasteiger partial charge in [0, 0.05) is 40.8 Å². The average molecular weight is 771 g/mol. The molecule has 6 aromatic rings. The molecule has 9 N–H and O–H groups in total. The van der Waals surface area contributed by atoms with Crippen molar-refractivity contribution in [3.63, 3.8) is 0 Å². The zero-order valence-corrected chi connectivity index (χ0v) is 28.8. The summed E-state index contributed by atoms with van der Waals surface area (Å²) in [7, 11) is 0. The zero-order valence-electron chi connectivity index (χ0n) is 25.6. The number of nitrogen functional groups attached to an aromatic ring is 4. The van der Waals surface area contributed by atoms with Gasteiger partial charge in [0.25, 0.3) is 17.5 Å². The van der Waals surface area contributed by atoms with Crippen molar-refractivity contribution in [3.8, 4) is 5.69 Å². The number of nitrogens with one attached hydrogen (secondary N) is 1. The lowest BCUT2D eigenvalue weighted by Gasteiger charge is -2.03. The van der Waals surface area contributed by atoms with Gasteiger partial charge in [0.2, 0.25) is 17.5 Å². The van der Waals surface area contributed by atoms with E-state index in [4.69, 9.17) is 42.7 Å². The Hall–Kier alpha value is -6.35. The summed E-state index contributed by atoms with van der Waals surface area (Å²) in [6.45, 7) is 24.1. The molecule has 0 aliphatic carbocycles. The number of rotatable bonds is 1. The number of nitrogens with zero attached hydrogens (tertiary/aromatic N) is 10. The summed E-state index contributed by atoms with van der Waals surface area (Å²) < 4.78 is 3.21. The normalized spacial score (nSPS) is 9.10. The van der Waals surface area contributed by atoms with Crippen LogP contribution in [0.25, 0.3) is 20.2 Å². The molecule has 0 fully saturated rings. The standard InChI is InChI=1S/C10H9N5.C6H4BrN3.C6H5N3.C5H5BrN2.C4H6N2/c1-7-5-15(6-13-7)8-3-4-9(11)14-10(8)12-2;1-9-6-4(7)2-3-5(8)10-6;1-8-6-4-2-3-5(7)9-6;6-4-2-1-3-5(7)8-4;1-4-2-5-3-6-4/h3-6H,1H3,(H2,11,14);2-3H,(H2,8,10);2-4H,(H2,7,9);1-3H,(H2,7,8);2-3H,1H3,(H,5,6). The highest BCUT2D eigenvalue weighted by atomic mass is 79.9. The third kappa shape index (κ3) is 13.7. The molecule has 0 unspecified atom stereocenters. The van der Waals surface area contributed by atoms with E-state index < -0.39 is 0 Å². The second-order valence-electron chi connectivity index (χ2n) is 8.92. The molecule has 0 saturated heterocycles. The number of halogens is 2. The first-order valence-corrected chi connectivity index (χ1v) is 14.9. The van der Waals surface area contributed by atoms with Crippen molar-refractivity contribution in [3.05, 3.63) is 140 Å². The number of pyridine rings is 4. The lowest BCUT2D eigenvalue weighted by atomic mass is 10.3. The number of hydrogen-bond acceptors (Lipinski definition) is 10. The van der Waals surface area contributed by atoms with Gasteiger partial charge in [-0.2, -0.15) is 0 Å². The van der Waals surface area contributed by atoms with Crippen molar-refractivity contribution in [1.29, 1.82) is 0 Å². The zero-order chi connectivity index (χ0) is 35.5. The highest BCUT2D eigenvalue weighted by molar-refractivity contribution is 9.10. The third-order valence-corrected chi connectivity index (χ3v) is 6.23. The second kappa shape index (κ2) is 19.9. The van der Waals surface area contributed by atoms with Gasteiger partial charge in [-0.25, -0.2) is 15.0 Å². The molecule has 15 nitrogen and oxygen atoms in total. The van der Waals surface area contributed by atoms with Crippen LogP contribution in [0.2, 0.25) is 0 Å². The van der Waals surface area contributed by atoms with E-state index in [1.807, 2.05) is 32.2 Å². The molecule has 48 heavy (non-hydrogen) atoms. The summed E-state index contributed by atoms with van der Waals surface area (Å²) in [5, 5.41) is 0. The van der Waals surface area contributed by atoms with Crippen LogP contribution in [-0.2, 0) is 0 Å². The van der Waals surface area contributed by atoms with Crippen LogP contribution >= 0.6 is 31.9 Å². The molecule has 6 aromatic heterocycles. The van der Waals surface area contributed by atoms with E-state index in [0.717, 1.165) is 16.0 Å². The Kier molecular flexibility index (Phi) is 15.7. The van der Waals surface area contributed by atoms with Crippen molar-refractivity contribution < 1.29 is 0 Å². The third-order valence-electron chi connectivity index (χ3n) is 5.17. The maximum Gasteiger partial charge on any atom is 0.295 e. The first kappa shape index (κ1) is 37.8. The lowest BCUT2D eigenvalue weighted by molar-refractivity contribution is 1.05. The van der Waals surface area contributed by atoms with Gasteiger partial charge in [-0.1, -0.05) is 53.8 Å². The number of aromatic nitrogens is 8. The summed E-state index contributed by atoms with van der Waals surface area (Å²) in [6, 6.07) is 17.1. The van der Waals surface area contributed by atoms with Crippen LogP contribution in [0.3, 0.4) is 0 Å². The van der Waals surface area contributed by atoms with Crippen molar-refractivity contribution in [2.24, 2.45) is 0 Å². The molecule has 6 heterocycles. The highest BCUT2D eigenvalue weighted by Gasteiger charge is 2.07. The van der Waals surface area contributed by atoms with E-state index in [-0.39, 0.29) is 5.82 Å². The summed E-state index contributed by atoms with van der Waals surface area (Å²) in [5.41, 5.74) is 24.1. The molecule has 0 aliphatic rings. The van der Waals surface area contributed by atoms with Crippen LogP contribution in [0.5, 0.6) is 0 Å². The molecule has 17 heteroatoms. The highest BCUT2D eigenvalue weighted by Crippen LogP contribution is 2.23. The van der Waals surface area contributed by atoms with Crippen molar-refractivity contribution >= 4 is 72.6 Å². The van der Waals surface area contributed by atoms with Crippen LogP contribution in [0.1, 0.15) is 11.4 Å². The van der Waals surface area contributed by atoms with Crippen LogP contribution < -0.4 is 22.9 Å². The minimum Gasteiger partial charge on any atom is -0.384 e. The van der Waals surface area contributed by atoms with Crippen molar-refractivity contribution in [2.75, 3.05) is 22.9 Å². The number of imidazole rings is 2. The summed E-state index contributed by atoms with van der Waals surface area (Å²) in [6.07, 6.45) is 6.93. The molecular formula is C31H29Br2N15. The van der Waals surface area contributed by atoms with Crippen LogP contribution in [0, 0.1) is 33.6 Å². The Labute approximate surface area is 293 Å². The molecule has 0 radical (unpaired) electrons. The minimum absolute atomic E-state index is 0.285. The monoisotopic (exact) mass is 769 g/mol. The van der Waals surface area contributed by atoms with Crippen LogP contribution in [0.15, 0.2) is 94.8 Å². The van der Waals surface area contributed by atoms with Gasteiger partial charge in [-0.15, -0.1) is 15.0 Å². The largest absolute Gasteiger partial charge is 0.384 e. The fraction of sp³-hybridized carbons (Fsp3) is 0.0645. The topological polar surface area (TPSA) is 215 Å². The Bertz CT molecular complexity index is 2000. The van der Waals surface area contributed by atoms with E-state index in [1.54, 1.807) is 71.9 Å². The van der Waals surface area contributed by atoms with Gasteiger partial charge in [-0.3, -0.25) is 0 Å². The molecular weight excluding hydrogens is 742 g/mol. The van der Waals surface area contributed by atoms with Crippen LogP contribution in [0.4, 0.5) is 40.7 Å². The van der Waals surface area contributed by atoms with Gasteiger partial charge < -0.3 is 47.0 Å². The fourth-order valence-corrected chi connectivity index (χ4v) is 3.73. The predicted molar refractivity (Wildman–Crippen MR) is 194 cm³/mol. The number of anilines is 4. The molecule has 0 spiro atoms. The minimum atomic E-state index is 0.285. The van der Waals surface area contributed by atoms with E-state index in [0.29, 0.717) is 45.1 Å². The molecule has 0 amide bonds. The maximum absolute atomic E-state index is 7.01. The fourth-order valence-electron chi connectivity index (χ4n) is 3.07. The first-order valence-electron chi connectivity index (χ1n) is 13.3. The molecule has 242 valence electrons. The average Bonchev–Trinajstić information content (AvgIpc) is 3.74. The molecule has 6 rings (SSSR count).